The van der Waals surface area contributed by atoms with E-state index >= 15 is 0 Å². The van der Waals surface area contributed by atoms with Crippen molar-refractivity contribution in [1.82, 2.24) is 9.13 Å². The highest BCUT2D eigenvalue weighted by atomic mass is 35.5. The third-order valence-electron chi connectivity index (χ3n) is 9.59. The van der Waals surface area contributed by atoms with E-state index in [1.54, 1.807) is 78.4 Å². The van der Waals surface area contributed by atoms with Gasteiger partial charge in [0.05, 0.1) is 50.1 Å². The minimum absolute atomic E-state index is 0.110. The molecule has 0 amide bonds. The van der Waals surface area contributed by atoms with Crippen LogP contribution in [-0.2, 0) is 47.9 Å². The van der Waals surface area contributed by atoms with Crippen LogP contribution < -0.4 is 0 Å². The lowest BCUT2D eigenvalue weighted by atomic mass is 10.1. The van der Waals surface area contributed by atoms with Gasteiger partial charge in [-0.3, -0.25) is 33.1 Å². The Morgan fingerprint density at radius 3 is 1.26 bits per heavy atom. The molecule has 0 unspecified atom stereocenters. The average Bonchev–Trinajstić information content (AvgIpc) is 3.59. The maximum Gasteiger partial charge on any atom is 0.310 e. The summed E-state index contributed by atoms with van der Waals surface area (Å²) in [5, 5.41) is 2.35. The second kappa shape index (κ2) is 18.8. The molecule has 0 fully saturated rings. The summed E-state index contributed by atoms with van der Waals surface area (Å²) in [6, 6.07) is 25.4. The maximum atomic E-state index is 13.4. The van der Waals surface area contributed by atoms with Crippen LogP contribution in [0.15, 0.2) is 84.9 Å². The number of nitrogens with zero attached hydrogens (tertiary/aromatic N) is 2. The largest absolute Gasteiger partial charge is 0.466 e. The van der Waals surface area contributed by atoms with Crippen LogP contribution in [0.4, 0.5) is 0 Å². The molecule has 0 saturated carbocycles. The van der Waals surface area contributed by atoms with Gasteiger partial charge in [0.2, 0.25) is 0 Å². The van der Waals surface area contributed by atoms with Crippen LogP contribution in [0.25, 0.3) is 21.8 Å². The van der Waals surface area contributed by atoms with Crippen molar-refractivity contribution in [3.05, 3.63) is 140 Å². The minimum Gasteiger partial charge on any atom is -0.466 e. The molecule has 2 heterocycles. The molecule has 0 aliphatic rings. The van der Waals surface area contributed by atoms with Crippen LogP contribution >= 0.6 is 11.6 Å². The van der Waals surface area contributed by atoms with Crippen LogP contribution in [0.5, 0.6) is 0 Å². The molecule has 0 bridgehead atoms. The number of aryl methyl sites for hydroxylation is 2. The van der Waals surface area contributed by atoms with E-state index in [4.69, 9.17) is 25.8 Å². The fourth-order valence-electron chi connectivity index (χ4n) is 6.87. The molecule has 4 aromatic carbocycles. The van der Waals surface area contributed by atoms with Gasteiger partial charge in [0, 0.05) is 38.3 Å². The van der Waals surface area contributed by atoms with Gasteiger partial charge >= 0.3 is 17.9 Å². The predicted octanol–water partition coefficient (Wildman–Crippen LogP) is 8.86. The van der Waals surface area contributed by atoms with Crippen molar-refractivity contribution in [2.24, 2.45) is 0 Å². The smallest absolute Gasteiger partial charge is 0.310 e. The highest BCUT2D eigenvalue weighted by Gasteiger charge is 2.24. The van der Waals surface area contributed by atoms with Gasteiger partial charge in [-0.2, -0.15) is 0 Å². The first kappa shape index (κ1) is 42.1. The zero-order valence-electron chi connectivity index (χ0n) is 33.4. The topological polar surface area (TPSA) is 123 Å². The highest BCUT2D eigenvalue weighted by molar-refractivity contribution is 6.30. The van der Waals surface area contributed by atoms with E-state index in [9.17, 15) is 24.0 Å². The SMILES string of the molecule is CCOC(=O)Cc1c(C)n(C(=O)c2ccc(Cl)cc2)c2ccc(C)cc12.CCOC(=O)Cc1ccc(C(=O)n2c(C)c(CC(=O)OCC)c3cc(C)ccc32)cc1. The van der Waals surface area contributed by atoms with Crippen LogP contribution in [0, 0.1) is 27.7 Å². The van der Waals surface area contributed by atoms with Crippen molar-refractivity contribution in [2.75, 3.05) is 19.8 Å². The molecule has 0 aliphatic heterocycles. The van der Waals surface area contributed by atoms with Crippen molar-refractivity contribution >= 4 is 63.1 Å². The summed E-state index contributed by atoms with van der Waals surface area (Å²) in [5.74, 6) is -1.25. The second-order valence-corrected chi connectivity index (χ2v) is 14.0. The third-order valence-corrected chi connectivity index (χ3v) is 9.84. The Labute approximate surface area is 337 Å². The molecular formula is C46H47ClN2O8. The number of esters is 3. The van der Waals surface area contributed by atoms with E-state index in [2.05, 4.69) is 0 Å². The summed E-state index contributed by atoms with van der Waals surface area (Å²) in [4.78, 5) is 62.4. The van der Waals surface area contributed by atoms with Gasteiger partial charge < -0.3 is 14.2 Å². The lowest BCUT2D eigenvalue weighted by Gasteiger charge is -2.09. The van der Waals surface area contributed by atoms with Crippen molar-refractivity contribution in [1.29, 1.82) is 0 Å². The molecule has 6 aromatic rings. The zero-order chi connectivity index (χ0) is 41.4. The number of carbonyl (C=O) groups excluding carboxylic acids is 5. The minimum atomic E-state index is -0.318. The Morgan fingerprint density at radius 1 is 0.509 bits per heavy atom. The molecule has 296 valence electrons. The molecule has 11 heteroatoms. The molecule has 0 aliphatic carbocycles. The van der Waals surface area contributed by atoms with Crippen molar-refractivity contribution < 1.29 is 38.2 Å². The monoisotopic (exact) mass is 790 g/mol. The van der Waals surface area contributed by atoms with E-state index in [1.807, 2.05) is 64.1 Å². The Balaban J connectivity index is 0.000000221. The number of fused-ring (bicyclic) bond motifs is 2. The summed E-state index contributed by atoms with van der Waals surface area (Å²) in [6.45, 7) is 14.0. The van der Waals surface area contributed by atoms with E-state index in [0.29, 0.717) is 41.7 Å². The van der Waals surface area contributed by atoms with Gasteiger partial charge in [-0.05, 0) is 126 Å². The van der Waals surface area contributed by atoms with E-state index in [0.717, 1.165) is 55.3 Å². The average molecular weight is 791 g/mol. The second-order valence-electron chi connectivity index (χ2n) is 13.6. The molecule has 0 N–H and O–H groups in total. The van der Waals surface area contributed by atoms with Gasteiger partial charge in [-0.25, -0.2) is 0 Å². The van der Waals surface area contributed by atoms with E-state index in [-0.39, 0.29) is 49.0 Å². The molecule has 0 saturated heterocycles. The first-order valence-corrected chi connectivity index (χ1v) is 19.3. The number of aromatic nitrogens is 2. The summed E-state index contributed by atoms with van der Waals surface area (Å²) in [5.41, 5.74) is 8.55. The molecule has 10 nitrogen and oxygen atoms in total. The van der Waals surface area contributed by atoms with Crippen LogP contribution in [-0.4, -0.2) is 58.7 Å². The van der Waals surface area contributed by atoms with Crippen LogP contribution in [0.2, 0.25) is 5.02 Å². The van der Waals surface area contributed by atoms with Crippen molar-refractivity contribution in [3.63, 3.8) is 0 Å². The van der Waals surface area contributed by atoms with E-state index < -0.39 is 0 Å². The lowest BCUT2D eigenvalue weighted by Crippen LogP contribution is -2.15. The molecule has 0 radical (unpaired) electrons. The number of hydrogen-bond acceptors (Lipinski definition) is 8. The standard InChI is InChI=1S/C25H27NO5.C21H20ClNO3/c1-5-30-23(27)14-18-8-10-19(11-9-18)25(29)26-17(4)20(15-24(28)31-6-2)21-13-16(3)7-12-22(21)26;1-4-26-20(24)12-17-14(3)23(19-10-5-13(2)11-18(17)19)21(25)15-6-8-16(22)9-7-15/h7-13H,5-6,14-15H2,1-4H3;5-11H,4,12H2,1-3H3. The predicted molar refractivity (Wildman–Crippen MR) is 221 cm³/mol. The molecule has 0 spiro atoms. The third kappa shape index (κ3) is 9.70. The Hall–Kier alpha value is -6.00. The van der Waals surface area contributed by atoms with Crippen LogP contribution in [0.1, 0.15) is 80.7 Å². The van der Waals surface area contributed by atoms with Gasteiger partial charge in [0.25, 0.3) is 11.8 Å². The Kier molecular flexibility index (Phi) is 13.9. The Morgan fingerprint density at radius 2 is 0.877 bits per heavy atom. The normalized spacial score (nSPS) is 10.9. The first-order valence-electron chi connectivity index (χ1n) is 18.9. The lowest BCUT2D eigenvalue weighted by molar-refractivity contribution is -0.143. The zero-order valence-corrected chi connectivity index (χ0v) is 34.1. The molecule has 57 heavy (non-hydrogen) atoms. The highest BCUT2D eigenvalue weighted by Crippen LogP contribution is 2.30. The van der Waals surface area contributed by atoms with Gasteiger partial charge in [-0.15, -0.1) is 0 Å². The van der Waals surface area contributed by atoms with Gasteiger partial charge in [0.1, 0.15) is 0 Å². The fraction of sp³-hybridized carbons (Fsp3) is 0.283. The number of halogens is 1. The summed E-state index contributed by atoms with van der Waals surface area (Å²) in [6.07, 6.45) is 0.412. The molecule has 0 atom stereocenters. The van der Waals surface area contributed by atoms with E-state index in [1.165, 1.54) is 0 Å². The number of carbonyl (C=O) groups is 5. The van der Waals surface area contributed by atoms with Gasteiger partial charge in [-0.1, -0.05) is 47.0 Å². The van der Waals surface area contributed by atoms with Crippen molar-refractivity contribution in [2.45, 2.75) is 67.7 Å². The summed E-state index contributed by atoms with van der Waals surface area (Å²) in [7, 11) is 0. The number of rotatable bonds is 11. The number of hydrogen-bond donors (Lipinski definition) is 0. The fourth-order valence-corrected chi connectivity index (χ4v) is 7.00. The summed E-state index contributed by atoms with van der Waals surface area (Å²) < 4.78 is 18.5. The molecule has 2 aromatic heterocycles. The maximum absolute atomic E-state index is 13.4. The first-order chi connectivity index (χ1) is 27.3. The number of ether oxygens (including phenoxy) is 3. The van der Waals surface area contributed by atoms with Gasteiger partial charge in [0.15, 0.2) is 0 Å². The number of benzene rings is 4. The Bertz CT molecular complexity index is 2460. The molecule has 6 rings (SSSR count). The summed E-state index contributed by atoms with van der Waals surface area (Å²) >= 11 is 5.93. The van der Waals surface area contributed by atoms with Crippen molar-refractivity contribution in [3.8, 4) is 0 Å². The quantitative estimate of drug-likeness (QED) is 0.0943. The van der Waals surface area contributed by atoms with Crippen LogP contribution in [0.3, 0.4) is 0 Å². The molecular weight excluding hydrogens is 744 g/mol.